The lowest BCUT2D eigenvalue weighted by atomic mass is 9.88. The van der Waals surface area contributed by atoms with Gasteiger partial charge in [0.1, 0.15) is 6.17 Å². The molecule has 0 bridgehead atoms. The van der Waals surface area contributed by atoms with Crippen molar-refractivity contribution >= 4 is 5.97 Å². The number of carboxylic acids is 1. The van der Waals surface area contributed by atoms with Crippen LogP contribution >= 0.6 is 0 Å². The number of carboxylic acid groups (broad SMARTS) is 1. The van der Waals surface area contributed by atoms with Gasteiger partial charge in [0.15, 0.2) is 0 Å². The molecular weight excluding hydrogens is 197 g/mol. The number of hydrogen-bond donors (Lipinski definition) is 1. The fourth-order valence-electron chi connectivity index (χ4n) is 2.12. The van der Waals surface area contributed by atoms with Gasteiger partial charge in [0.2, 0.25) is 0 Å². The first-order chi connectivity index (χ1) is 7.08. The van der Waals surface area contributed by atoms with Crippen LogP contribution in [0.1, 0.15) is 32.1 Å². The van der Waals surface area contributed by atoms with Crippen LogP contribution in [0.2, 0.25) is 0 Å². The highest BCUT2D eigenvalue weighted by Crippen LogP contribution is 2.26. The third kappa shape index (κ3) is 5.11. The van der Waals surface area contributed by atoms with E-state index in [0.29, 0.717) is 25.3 Å². The second-order valence-electron chi connectivity index (χ2n) is 4.52. The highest BCUT2D eigenvalue weighted by atomic mass is 19.1. The number of carbonyl (C=O) groups is 1. The molecule has 88 valence electrons. The van der Waals surface area contributed by atoms with Crippen molar-refractivity contribution in [3.8, 4) is 0 Å². The molecule has 0 aliphatic heterocycles. The SMILES string of the molecule is CN(CCC(=O)O)CC1CCC(F)CC1. The number of alkyl halides is 1. The van der Waals surface area contributed by atoms with Crippen LogP contribution in [0.5, 0.6) is 0 Å². The average molecular weight is 217 g/mol. The van der Waals surface area contributed by atoms with Crippen LogP contribution in [-0.4, -0.2) is 42.3 Å². The Bertz CT molecular complexity index is 203. The molecule has 0 unspecified atom stereocenters. The van der Waals surface area contributed by atoms with Gasteiger partial charge in [-0.1, -0.05) is 0 Å². The van der Waals surface area contributed by atoms with Gasteiger partial charge in [-0.05, 0) is 38.6 Å². The molecule has 1 aliphatic carbocycles. The number of rotatable bonds is 5. The van der Waals surface area contributed by atoms with Crippen LogP contribution in [-0.2, 0) is 4.79 Å². The molecule has 0 amide bonds. The predicted octanol–water partition coefficient (Wildman–Crippen LogP) is 1.92. The van der Waals surface area contributed by atoms with Crippen LogP contribution < -0.4 is 0 Å². The van der Waals surface area contributed by atoms with Crippen LogP contribution in [0.25, 0.3) is 0 Å². The molecule has 1 N–H and O–H groups in total. The summed E-state index contributed by atoms with van der Waals surface area (Å²) in [7, 11) is 1.93. The van der Waals surface area contributed by atoms with E-state index in [9.17, 15) is 9.18 Å². The van der Waals surface area contributed by atoms with Gasteiger partial charge in [-0.25, -0.2) is 4.39 Å². The quantitative estimate of drug-likeness (QED) is 0.765. The van der Waals surface area contributed by atoms with Crippen molar-refractivity contribution in [2.75, 3.05) is 20.1 Å². The van der Waals surface area contributed by atoms with Gasteiger partial charge in [0.05, 0.1) is 6.42 Å². The number of aliphatic carboxylic acids is 1. The molecule has 4 heteroatoms. The van der Waals surface area contributed by atoms with Gasteiger partial charge in [0.25, 0.3) is 0 Å². The monoisotopic (exact) mass is 217 g/mol. The second kappa shape index (κ2) is 6.05. The van der Waals surface area contributed by atoms with Crippen molar-refractivity contribution in [1.82, 2.24) is 4.90 Å². The third-order valence-electron chi connectivity index (χ3n) is 3.05. The summed E-state index contributed by atoms with van der Waals surface area (Å²) in [5.41, 5.74) is 0. The Kier molecular flexibility index (Phi) is 5.02. The van der Waals surface area contributed by atoms with E-state index < -0.39 is 12.1 Å². The Morgan fingerprint density at radius 3 is 2.53 bits per heavy atom. The predicted molar refractivity (Wildman–Crippen MR) is 56.6 cm³/mol. The van der Waals surface area contributed by atoms with Gasteiger partial charge < -0.3 is 10.0 Å². The highest BCUT2D eigenvalue weighted by molar-refractivity contribution is 5.66. The third-order valence-corrected chi connectivity index (χ3v) is 3.05. The van der Waals surface area contributed by atoms with Crippen molar-refractivity contribution in [3.63, 3.8) is 0 Å². The first-order valence-corrected chi connectivity index (χ1v) is 5.62. The molecular formula is C11H20FNO2. The Morgan fingerprint density at radius 1 is 1.40 bits per heavy atom. The molecule has 1 aliphatic rings. The summed E-state index contributed by atoms with van der Waals surface area (Å²) in [4.78, 5) is 12.4. The maximum Gasteiger partial charge on any atom is 0.304 e. The zero-order valence-electron chi connectivity index (χ0n) is 9.29. The van der Waals surface area contributed by atoms with Crippen molar-refractivity contribution in [2.45, 2.75) is 38.3 Å². The molecule has 0 spiro atoms. The van der Waals surface area contributed by atoms with E-state index in [-0.39, 0.29) is 6.42 Å². The molecule has 0 heterocycles. The summed E-state index contributed by atoms with van der Waals surface area (Å²) < 4.78 is 12.9. The zero-order valence-corrected chi connectivity index (χ0v) is 9.29. The Labute approximate surface area is 90.3 Å². The Morgan fingerprint density at radius 2 is 2.00 bits per heavy atom. The summed E-state index contributed by atoms with van der Waals surface area (Å²) in [6.07, 6.45) is 2.83. The first-order valence-electron chi connectivity index (χ1n) is 5.62. The van der Waals surface area contributed by atoms with E-state index in [2.05, 4.69) is 0 Å². The molecule has 1 saturated carbocycles. The maximum atomic E-state index is 12.9. The van der Waals surface area contributed by atoms with Crippen LogP contribution in [0.4, 0.5) is 4.39 Å². The lowest BCUT2D eigenvalue weighted by molar-refractivity contribution is -0.137. The van der Waals surface area contributed by atoms with Crippen LogP contribution in [0, 0.1) is 5.92 Å². The van der Waals surface area contributed by atoms with Crippen LogP contribution in [0.15, 0.2) is 0 Å². The maximum absolute atomic E-state index is 12.9. The summed E-state index contributed by atoms with van der Waals surface area (Å²) in [5.74, 6) is -0.204. The van der Waals surface area contributed by atoms with Crippen molar-refractivity contribution in [1.29, 1.82) is 0 Å². The molecule has 15 heavy (non-hydrogen) atoms. The van der Waals surface area contributed by atoms with E-state index in [4.69, 9.17) is 5.11 Å². The number of hydrogen-bond acceptors (Lipinski definition) is 2. The minimum absolute atomic E-state index is 0.189. The van der Waals surface area contributed by atoms with Gasteiger partial charge in [0, 0.05) is 13.1 Å². The number of nitrogens with zero attached hydrogens (tertiary/aromatic N) is 1. The normalized spacial score (nSPS) is 26.9. The molecule has 1 fully saturated rings. The van der Waals surface area contributed by atoms with Gasteiger partial charge in [-0.3, -0.25) is 4.79 Å². The van der Waals surface area contributed by atoms with E-state index in [0.717, 1.165) is 19.4 Å². The zero-order chi connectivity index (χ0) is 11.3. The molecule has 0 radical (unpaired) electrons. The Balaban J connectivity index is 2.14. The molecule has 1 rings (SSSR count). The van der Waals surface area contributed by atoms with Crippen molar-refractivity contribution in [2.24, 2.45) is 5.92 Å². The van der Waals surface area contributed by atoms with Crippen molar-refractivity contribution in [3.05, 3.63) is 0 Å². The fourth-order valence-corrected chi connectivity index (χ4v) is 2.12. The minimum Gasteiger partial charge on any atom is -0.481 e. The van der Waals surface area contributed by atoms with E-state index in [1.54, 1.807) is 0 Å². The topological polar surface area (TPSA) is 40.5 Å². The summed E-state index contributed by atoms with van der Waals surface area (Å²) in [6.45, 7) is 1.49. The van der Waals surface area contributed by atoms with Crippen molar-refractivity contribution < 1.29 is 14.3 Å². The van der Waals surface area contributed by atoms with E-state index >= 15 is 0 Å². The molecule has 0 aromatic carbocycles. The minimum atomic E-state index is -0.755. The largest absolute Gasteiger partial charge is 0.481 e. The van der Waals surface area contributed by atoms with Gasteiger partial charge in [-0.2, -0.15) is 0 Å². The first kappa shape index (κ1) is 12.4. The highest BCUT2D eigenvalue weighted by Gasteiger charge is 2.21. The molecule has 0 atom stereocenters. The lowest BCUT2D eigenvalue weighted by Gasteiger charge is -2.28. The standard InChI is InChI=1S/C11H20FNO2/c1-13(7-6-11(14)15)8-9-2-4-10(12)5-3-9/h9-10H,2-8H2,1H3,(H,14,15). The van der Waals surface area contributed by atoms with E-state index in [1.807, 2.05) is 11.9 Å². The average Bonchev–Trinajstić information content (AvgIpc) is 2.19. The van der Waals surface area contributed by atoms with E-state index in [1.165, 1.54) is 0 Å². The van der Waals surface area contributed by atoms with Gasteiger partial charge in [-0.15, -0.1) is 0 Å². The molecule has 3 nitrogen and oxygen atoms in total. The van der Waals surface area contributed by atoms with Crippen LogP contribution in [0.3, 0.4) is 0 Å². The molecule has 0 aromatic heterocycles. The Hall–Kier alpha value is -0.640. The summed E-state index contributed by atoms with van der Waals surface area (Å²) >= 11 is 0. The van der Waals surface area contributed by atoms with Gasteiger partial charge >= 0.3 is 5.97 Å². The molecule has 0 aromatic rings. The lowest BCUT2D eigenvalue weighted by Crippen LogP contribution is -2.30. The summed E-state index contributed by atoms with van der Waals surface area (Å²) in [6, 6.07) is 0. The smallest absolute Gasteiger partial charge is 0.304 e. The molecule has 0 saturated heterocycles. The number of halogens is 1. The fraction of sp³-hybridized carbons (Fsp3) is 0.909. The second-order valence-corrected chi connectivity index (χ2v) is 4.52. The summed E-state index contributed by atoms with van der Waals surface area (Å²) in [5, 5.41) is 8.53.